The van der Waals surface area contributed by atoms with E-state index in [1.54, 1.807) is 6.92 Å². The molecule has 0 saturated carbocycles. The zero-order valence-electron chi connectivity index (χ0n) is 9.16. The van der Waals surface area contributed by atoms with Gasteiger partial charge in [0.05, 0.1) is 5.75 Å². The molecule has 1 aliphatic rings. The van der Waals surface area contributed by atoms with Crippen LogP contribution in [0.5, 0.6) is 0 Å². The SMILES string of the molecule is CCS(=O)(=O)CCC(=O)CC1CCCN1. The highest BCUT2D eigenvalue weighted by Crippen LogP contribution is 2.10. The van der Waals surface area contributed by atoms with Gasteiger partial charge < -0.3 is 5.32 Å². The quantitative estimate of drug-likeness (QED) is 0.726. The van der Waals surface area contributed by atoms with E-state index in [9.17, 15) is 13.2 Å². The van der Waals surface area contributed by atoms with Crippen LogP contribution in [0.25, 0.3) is 0 Å². The van der Waals surface area contributed by atoms with Crippen molar-refractivity contribution in [2.45, 2.75) is 38.6 Å². The van der Waals surface area contributed by atoms with Gasteiger partial charge in [-0.2, -0.15) is 0 Å². The van der Waals surface area contributed by atoms with Crippen molar-refractivity contribution in [3.05, 3.63) is 0 Å². The Morgan fingerprint density at radius 2 is 2.20 bits per heavy atom. The van der Waals surface area contributed by atoms with Crippen molar-refractivity contribution in [2.75, 3.05) is 18.1 Å². The normalized spacial score (nSPS) is 21.8. The third-order valence-corrected chi connectivity index (χ3v) is 4.47. The van der Waals surface area contributed by atoms with Gasteiger partial charge in [-0.1, -0.05) is 6.92 Å². The lowest BCUT2D eigenvalue weighted by Crippen LogP contribution is -2.25. The Balaban J connectivity index is 2.24. The van der Waals surface area contributed by atoms with E-state index in [0.29, 0.717) is 6.42 Å². The second kappa shape index (κ2) is 5.61. The van der Waals surface area contributed by atoms with Crippen LogP contribution in [-0.2, 0) is 14.6 Å². The summed E-state index contributed by atoms with van der Waals surface area (Å²) in [4.78, 5) is 11.5. The van der Waals surface area contributed by atoms with Gasteiger partial charge in [0.15, 0.2) is 0 Å². The van der Waals surface area contributed by atoms with Crippen LogP contribution in [0.1, 0.15) is 32.6 Å². The fraction of sp³-hybridized carbons (Fsp3) is 0.900. The van der Waals surface area contributed by atoms with Crippen molar-refractivity contribution < 1.29 is 13.2 Å². The molecule has 1 atom stereocenters. The minimum absolute atomic E-state index is 0.00898. The van der Waals surface area contributed by atoms with Gasteiger partial charge >= 0.3 is 0 Å². The standard InChI is InChI=1S/C10H19NO3S/c1-2-15(13,14)7-5-10(12)8-9-4-3-6-11-9/h9,11H,2-8H2,1H3. The highest BCUT2D eigenvalue weighted by molar-refractivity contribution is 7.91. The van der Waals surface area contributed by atoms with E-state index in [2.05, 4.69) is 5.32 Å². The van der Waals surface area contributed by atoms with Gasteiger partial charge in [0.1, 0.15) is 15.6 Å². The predicted molar refractivity (Wildman–Crippen MR) is 59.6 cm³/mol. The van der Waals surface area contributed by atoms with Crippen LogP contribution in [0.2, 0.25) is 0 Å². The van der Waals surface area contributed by atoms with Crippen LogP contribution >= 0.6 is 0 Å². The number of hydrogen-bond acceptors (Lipinski definition) is 4. The monoisotopic (exact) mass is 233 g/mol. The smallest absolute Gasteiger partial charge is 0.150 e. The number of carbonyl (C=O) groups is 1. The summed E-state index contributed by atoms with van der Waals surface area (Å²) >= 11 is 0. The molecular formula is C10H19NO3S. The third-order valence-electron chi connectivity index (χ3n) is 2.77. The van der Waals surface area contributed by atoms with E-state index in [-0.39, 0.29) is 29.8 Å². The molecule has 5 heteroatoms. The summed E-state index contributed by atoms with van der Waals surface area (Å²) < 4.78 is 22.3. The first-order valence-electron chi connectivity index (χ1n) is 5.49. The van der Waals surface area contributed by atoms with Gasteiger partial charge in [0, 0.05) is 24.6 Å². The number of nitrogens with one attached hydrogen (secondary N) is 1. The minimum Gasteiger partial charge on any atom is -0.314 e. The summed E-state index contributed by atoms with van der Waals surface area (Å²) in [5, 5.41) is 3.23. The maximum absolute atomic E-state index is 11.5. The van der Waals surface area contributed by atoms with Gasteiger partial charge in [-0.25, -0.2) is 8.42 Å². The summed E-state index contributed by atoms with van der Waals surface area (Å²) in [5.74, 6) is 0.197. The maximum atomic E-state index is 11.5. The van der Waals surface area contributed by atoms with Crippen molar-refractivity contribution in [2.24, 2.45) is 0 Å². The van der Waals surface area contributed by atoms with Gasteiger partial charge in [0.25, 0.3) is 0 Å². The van der Waals surface area contributed by atoms with E-state index >= 15 is 0 Å². The number of hydrogen-bond donors (Lipinski definition) is 1. The molecule has 0 aromatic carbocycles. The van der Waals surface area contributed by atoms with Crippen LogP contribution in [0.3, 0.4) is 0 Å². The van der Waals surface area contributed by atoms with E-state index in [1.165, 1.54) is 0 Å². The lowest BCUT2D eigenvalue weighted by atomic mass is 10.1. The molecule has 0 spiro atoms. The Kier molecular flexibility index (Phi) is 4.73. The van der Waals surface area contributed by atoms with Crippen molar-refractivity contribution in [3.8, 4) is 0 Å². The lowest BCUT2D eigenvalue weighted by Gasteiger charge is -2.08. The van der Waals surface area contributed by atoms with E-state index in [0.717, 1.165) is 19.4 Å². The Hall–Kier alpha value is -0.420. The number of carbonyl (C=O) groups excluding carboxylic acids is 1. The fourth-order valence-corrected chi connectivity index (χ4v) is 2.55. The molecule has 1 unspecified atom stereocenters. The van der Waals surface area contributed by atoms with Crippen LogP contribution in [0.4, 0.5) is 0 Å². The van der Waals surface area contributed by atoms with Crippen molar-refractivity contribution >= 4 is 15.6 Å². The summed E-state index contributed by atoms with van der Waals surface area (Å²) in [7, 11) is -2.99. The molecule has 1 fully saturated rings. The van der Waals surface area contributed by atoms with Crippen LogP contribution in [0, 0.1) is 0 Å². The molecule has 15 heavy (non-hydrogen) atoms. The zero-order chi connectivity index (χ0) is 11.3. The molecule has 1 heterocycles. The van der Waals surface area contributed by atoms with Crippen molar-refractivity contribution in [3.63, 3.8) is 0 Å². The molecule has 0 radical (unpaired) electrons. The fourth-order valence-electron chi connectivity index (χ4n) is 1.72. The van der Waals surface area contributed by atoms with Gasteiger partial charge in [-0.05, 0) is 19.4 Å². The van der Waals surface area contributed by atoms with Crippen LogP contribution in [-0.4, -0.2) is 38.3 Å². The first-order valence-corrected chi connectivity index (χ1v) is 7.31. The Bertz CT molecular complexity index is 305. The van der Waals surface area contributed by atoms with Gasteiger partial charge in [0.2, 0.25) is 0 Å². The molecule has 1 rings (SSSR count). The predicted octanol–water partition coefficient (Wildman–Crippen LogP) is 0.522. The summed E-state index contributed by atoms with van der Waals surface area (Å²) in [6.07, 6.45) is 2.81. The Labute approximate surface area is 91.4 Å². The van der Waals surface area contributed by atoms with E-state index in [1.807, 2.05) is 0 Å². The average Bonchev–Trinajstić information content (AvgIpc) is 2.68. The van der Waals surface area contributed by atoms with Crippen LogP contribution < -0.4 is 5.32 Å². The van der Waals surface area contributed by atoms with Gasteiger partial charge in [-0.15, -0.1) is 0 Å². The lowest BCUT2D eigenvalue weighted by molar-refractivity contribution is -0.119. The molecule has 1 aliphatic heterocycles. The Morgan fingerprint density at radius 3 is 2.73 bits per heavy atom. The minimum atomic E-state index is -2.99. The van der Waals surface area contributed by atoms with Crippen molar-refractivity contribution in [1.82, 2.24) is 5.32 Å². The number of ketones is 1. The number of rotatable bonds is 6. The number of sulfone groups is 1. The van der Waals surface area contributed by atoms with E-state index in [4.69, 9.17) is 0 Å². The van der Waals surface area contributed by atoms with E-state index < -0.39 is 9.84 Å². The number of Topliss-reactive ketones (excluding diaryl/α,β-unsaturated/α-hetero) is 1. The summed E-state index contributed by atoms with van der Waals surface area (Å²) in [6, 6.07) is 0.279. The Morgan fingerprint density at radius 1 is 1.47 bits per heavy atom. The molecule has 0 aromatic rings. The molecule has 0 amide bonds. The molecular weight excluding hydrogens is 214 g/mol. The zero-order valence-corrected chi connectivity index (χ0v) is 9.98. The summed E-state index contributed by atoms with van der Waals surface area (Å²) in [6.45, 7) is 2.59. The first kappa shape index (κ1) is 12.6. The highest BCUT2D eigenvalue weighted by atomic mass is 32.2. The average molecular weight is 233 g/mol. The largest absolute Gasteiger partial charge is 0.314 e. The van der Waals surface area contributed by atoms with Gasteiger partial charge in [-0.3, -0.25) is 4.79 Å². The van der Waals surface area contributed by atoms with Crippen LogP contribution in [0.15, 0.2) is 0 Å². The first-order chi connectivity index (χ1) is 7.03. The van der Waals surface area contributed by atoms with Crippen molar-refractivity contribution in [1.29, 1.82) is 0 Å². The third kappa shape index (κ3) is 4.75. The topological polar surface area (TPSA) is 63.2 Å². The second-order valence-corrected chi connectivity index (χ2v) is 6.50. The maximum Gasteiger partial charge on any atom is 0.150 e. The molecule has 1 saturated heterocycles. The second-order valence-electron chi connectivity index (χ2n) is 4.02. The molecule has 0 bridgehead atoms. The summed E-state index contributed by atoms with van der Waals surface area (Å²) in [5.41, 5.74) is 0. The molecule has 1 N–H and O–H groups in total. The molecule has 4 nitrogen and oxygen atoms in total. The molecule has 0 aliphatic carbocycles. The highest BCUT2D eigenvalue weighted by Gasteiger charge is 2.18. The molecule has 88 valence electrons. The molecule has 0 aromatic heterocycles.